The number of hydrogen-bond donors (Lipinski definition) is 21. The standard InChI is InChI=1S/C93H144ClN23O21S2.CH4/c1-8-9-27-63-89(135)114-41-19-31-70(114)86(132)101-54(6)77(123)112-68(50-118)84(130)110-66(48-56-23-11-10-12-24-56)83(129)113-69(85(131)108-64(29-14-16-39-96)90(136)117-44-22-34-73(117)91(137)115-42-20-32-71(115)87(133)103-59(76(97)122)35-36-74(120)121)51-140-139-45-37-62(80(126)109-65(46-52(2)3)81(127)105-61(30-18-40-100-93(98)99)78(124)104-60(79(125)107-63)28-13-15-38-95)106-82(128)67(49-57-25-17-26-58(94)47-57)111-88(134)72-33-21-43-116(72)92(138)75(53(4)5)102-55(7)119;/h10-12,17,23-26,47,52-54,59-73,75,118H,8-9,13-16,18-22,27-46,48-51,95-96H2,1-7H3,(H2,97,122)(H,101,132)(H,102,119)(H,103,133)(H,104,124)(H,105,127)(H,106,128)(H,107,125)(H,108,131)(H,109,126)(H,110,130)(H,111,134)(H,112,123)(H,113,129)(H,120,121)(H4,98,99,100);1H4. The molecular formula is C94H148ClN23O21S2. The monoisotopic (exact) mass is 2030 g/mol. The maximum Gasteiger partial charge on any atom is 0.303 e. The molecule has 5 saturated heterocycles. The number of primary amides is 1. The van der Waals surface area contributed by atoms with Crippen LogP contribution in [0.5, 0.6) is 0 Å². The number of nitrogens with two attached hydrogens (primary N) is 4. The van der Waals surface area contributed by atoms with Gasteiger partial charge in [-0.15, -0.1) is 0 Å². The second-order valence-electron chi connectivity index (χ2n) is 36.8. The van der Waals surface area contributed by atoms with Crippen molar-refractivity contribution in [1.82, 2.24) is 94.0 Å². The summed E-state index contributed by atoms with van der Waals surface area (Å²) < 4.78 is 0. The molecule has 141 heavy (non-hydrogen) atoms. The fourth-order valence-electron chi connectivity index (χ4n) is 17.5. The summed E-state index contributed by atoms with van der Waals surface area (Å²) in [7, 11) is 1.93. The number of unbranched alkanes of at least 4 members (excludes halogenated alkanes) is 3. The highest BCUT2D eigenvalue weighted by Crippen LogP contribution is 2.30. The van der Waals surface area contributed by atoms with Gasteiger partial charge >= 0.3 is 5.97 Å². The Kier molecular flexibility index (Phi) is 50.4. The van der Waals surface area contributed by atoms with E-state index < -0.39 is 252 Å². The number of guanidine groups is 1. The van der Waals surface area contributed by atoms with Crippen molar-refractivity contribution in [3.63, 3.8) is 0 Å². The maximum absolute atomic E-state index is 15.7. The topological polar surface area (TPSA) is 674 Å². The molecule has 0 aromatic heterocycles. The summed E-state index contributed by atoms with van der Waals surface area (Å²) in [6, 6.07) is -9.66. The summed E-state index contributed by atoms with van der Waals surface area (Å²) in [5.41, 5.74) is 24.1. The summed E-state index contributed by atoms with van der Waals surface area (Å²) in [5, 5.41) is 66.3. The molecule has 5 fully saturated rings. The van der Waals surface area contributed by atoms with Crippen molar-refractivity contribution in [3.05, 3.63) is 70.7 Å². The van der Waals surface area contributed by atoms with Crippen molar-refractivity contribution in [3.8, 4) is 0 Å². The lowest BCUT2D eigenvalue weighted by atomic mass is 10.0. The van der Waals surface area contributed by atoms with Crippen LogP contribution in [-0.2, 0) is 104 Å². The Balaban J connectivity index is 0.0000305. The molecule has 5 aliphatic heterocycles. The van der Waals surface area contributed by atoms with Gasteiger partial charge in [-0.3, -0.25) is 96.5 Å². The molecule has 2 aromatic rings. The zero-order chi connectivity index (χ0) is 103. The van der Waals surface area contributed by atoms with Crippen LogP contribution in [0.4, 0.5) is 0 Å². The molecular weight excluding hydrogens is 1890 g/mol. The predicted octanol–water partition coefficient (Wildman–Crippen LogP) is -1.39. The van der Waals surface area contributed by atoms with Crippen LogP contribution in [0, 0.1) is 17.2 Å². The summed E-state index contributed by atoms with van der Waals surface area (Å²) in [5.74, 6) is -18.2. The third kappa shape index (κ3) is 37.4. The molecule has 5 heterocycles. The molecule has 0 bridgehead atoms. The Hall–Kier alpha value is -11.5. The maximum atomic E-state index is 15.7. The van der Waals surface area contributed by atoms with Crippen LogP contribution >= 0.6 is 33.2 Å². The molecule has 7 rings (SSSR count). The number of nitrogens with zero attached hydrogens (tertiary/aromatic N) is 4. The molecule has 44 nitrogen and oxygen atoms in total. The number of aliphatic hydroxyl groups is 1. The largest absolute Gasteiger partial charge is 0.481 e. The number of likely N-dealkylation sites (tertiary alicyclic amines) is 3. The number of aliphatic carboxylic acids is 1. The fraction of sp³-hybridized carbons (Fsp3) is 0.660. The number of halogens is 1. The minimum absolute atomic E-state index is 0. The van der Waals surface area contributed by atoms with E-state index in [-0.39, 0.29) is 173 Å². The van der Waals surface area contributed by atoms with Crippen LogP contribution in [0.15, 0.2) is 54.6 Å². The number of hydrogen-bond acceptors (Lipinski definition) is 25. The van der Waals surface area contributed by atoms with Gasteiger partial charge in [0.1, 0.15) is 103 Å². The van der Waals surface area contributed by atoms with Gasteiger partial charge in [0, 0.05) is 75.4 Å². The van der Waals surface area contributed by atoms with Gasteiger partial charge < -0.3 is 127 Å². The van der Waals surface area contributed by atoms with Gasteiger partial charge in [-0.2, -0.15) is 0 Å². The number of aliphatic hydroxyl groups excluding tert-OH is 1. The lowest BCUT2D eigenvalue weighted by Crippen LogP contribution is -2.61. The van der Waals surface area contributed by atoms with Crippen LogP contribution < -0.4 is 97.4 Å². The second kappa shape index (κ2) is 60.1. The average molecular weight is 2040 g/mol. The first-order chi connectivity index (χ1) is 66.7. The van der Waals surface area contributed by atoms with E-state index in [0.29, 0.717) is 56.1 Å². The van der Waals surface area contributed by atoms with Crippen LogP contribution in [0.2, 0.25) is 5.02 Å². The van der Waals surface area contributed by atoms with Gasteiger partial charge in [0.25, 0.3) is 0 Å². The third-order valence-corrected chi connectivity index (χ3v) is 27.7. The quantitative estimate of drug-likeness (QED) is 0.0159. The fourth-order valence-corrected chi connectivity index (χ4v) is 19.9. The smallest absolute Gasteiger partial charge is 0.303 e. The Morgan fingerprint density at radius 2 is 1.10 bits per heavy atom. The van der Waals surface area contributed by atoms with Crippen LogP contribution in [0.1, 0.15) is 215 Å². The minimum atomic E-state index is -1.84. The first kappa shape index (κ1) is 118. The van der Waals surface area contributed by atoms with E-state index in [4.69, 9.17) is 39.9 Å². The molecule has 2 aromatic carbocycles. The lowest BCUT2D eigenvalue weighted by Gasteiger charge is -2.33. The first-order valence-electron chi connectivity index (χ1n) is 48.5. The Morgan fingerprint density at radius 3 is 1.70 bits per heavy atom. The van der Waals surface area contributed by atoms with Crippen molar-refractivity contribution in [2.24, 2.45) is 34.8 Å². The molecule has 18 amide bonds. The molecule has 784 valence electrons. The second-order valence-corrected chi connectivity index (χ2v) is 39.9. The zero-order valence-electron chi connectivity index (χ0n) is 80.9. The van der Waals surface area contributed by atoms with E-state index in [1.54, 1.807) is 82.3 Å². The molecule has 5 aliphatic rings. The summed E-state index contributed by atoms with van der Waals surface area (Å²) in [4.78, 5) is 281. The van der Waals surface area contributed by atoms with Gasteiger partial charge in [-0.25, -0.2) is 0 Å². The normalized spacial score (nSPS) is 23.9. The Labute approximate surface area is 836 Å². The highest BCUT2D eigenvalue weighted by Gasteiger charge is 2.48. The third-order valence-electron chi connectivity index (χ3n) is 25.0. The average Bonchev–Trinajstić information content (AvgIpc) is 1.67. The SMILES string of the molecule is C.CCCCC1NC(=O)C(CCCCN)NC(=O)C(CCCNC(=N)N)NC(=O)C(CC(C)C)NC(=O)C(NC(=O)C(Cc2cccc(Cl)c2)NC(=O)C2CCCN2C(=O)C(NC(C)=O)C(C)C)CCSSCC(C(=O)NC(CCCCN)C(=O)N2CCCC2C(=O)N2CCCC2C(=O)NC(CCC(=O)O)C(N)=O)NC(=O)C(Cc2ccccc2)NC(=O)C(CO)NC(=O)C(C)NC(=O)C2CCCN2C1=O. The Bertz CT molecular complexity index is 4630. The van der Waals surface area contributed by atoms with Gasteiger partial charge in [0.15, 0.2) is 5.96 Å². The molecule has 0 saturated carbocycles. The number of rotatable bonds is 39. The van der Waals surface area contributed by atoms with Crippen LogP contribution in [0.25, 0.3) is 0 Å². The molecule has 0 radical (unpaired) electrons. The highest BCUT2D eigenvalue weighted by molar-refractivity contribution is 8.76. The van der Waals surface area contributed by atoms with E-state index in [1.807, 2.05) is 6.92 Å². The summed E-state index contributed by atoms with van der Waals surface area (Å²) in [6.07, 6.45) is 1.79. The van der Waals surface area contributed by atoms with Crippen molar-refractivity contribution in [2.75, 3.05) is 63.9 Å². The van der Waals surface area contributed by atoms with Gasteiger partial charge in [0.2, 0.25) is 106 Å². The van der Waals surface area contributed by atoms with Crippen LogP contribution in [0.3, 0.4) is 0 Å². The first-order valence-corrected chi connectivity index (χ1v) is 51.3. The summed E-state index contributed by atoms with van der Waals surface area (Å²) in [6.45, 7) is 10.8. The predicted molar refractivity (Wildman–Crippen MR) is 529 cm³/mol. The molecule has 25 N–H and O–H groups in total. The van der Waals surface area contributed by atoms with Gasteiger partial charge in [0.05, 0.1) is 6.61 Å². The molecule has 0 spiro atoms. The number of carbonyl (C=O) groups excluding carboxylic acids is 18. The molecule has 0 aliphatic carbocycles. The molecule has 17 unspecified atom stereocenters. The number of fused-ring (bicyclic) bond motifs is 1. The van der Waals surface area contributed by atoms with Gasteiger partial charge in [-0.1, -0.05) is 131 Å². The van der Waals surface area contributed by atoms with Crippen molar-refractivity contribution in [2.45, 2.75) is 319 Å². The number of amides is 18. The van der Waals surface area contributed by atoms with Crippen molar-refractivity contribution < 1.29 is 101 Å². The lowest BCUT2D eigenvalue weighted by molar-refractivity contribution is -0.148. The van der Waals surface area contributed by atoms with E-state index in [1.165, 1.54) is 33.4 Å². The number of carboxylic acid groups (broad SMARTS) is 1. The number of carbonyl (C=O) groups is 19. The van der Waals surface area contributed by atoms with E-state index in [0.717, 1.165) is 21.6 Å². The van der Waals surface area contributed by atoms with Crippen molar-refractivity contribution in [1.29, 1.82) is 5.41 Å². The summed E-state index contributed by atoms with van der Waals surface area (Å²) >= 11 is 6.54. The van der Waals surface area contributed by atoms with E-state index in [2.05, 4.69) is 74.4 Å². The number of carboxylic acids is 1. The number of nitrogens with one attached hydrogen (secondary N) is 15. The van der Waals surface area contributed by atoms with E-state index in [9.17, 15) is 67.7 Å². The van der Waals surface area contributed by atoms with E-state index >= 15 is 33.6 Å². The van der Waals surface area contributed by atoms with Crippen LogP contribution in [-0.4, -0.2) is 315 Å². The zero-order valence-corrected chi connectivity index (χ0v) is 83.2. The molecule has 47 heteroatoms. The van der Waals surface area contributed by atoms with Gasteiger partial charge in [-0.05, 0) is 184 Å². The Morgan fingerprint density at radius 1 is 0.553 bits per heavy atom. The van der Waals surface area contributed by atoms with Crippen molar-refractivity contribution >= 4 is 151 Å². The number of benzene rings is 2. The molecule has 17 atom stereocenters. The highest BCUT2D eigenvalue weighted by atomic mass is 35.5. The minimum Gasteiger partial charge on any atom is -0.481 e.